The number of unbranched alkanes of at least 4 members (excludes halogenated alkanes) is 16. The number of esters is 2. The Hall–Kier alpha value is -1.10. The van der Waals surface area contributed by atoms with E-state index in [1.165, 1.54) is 141 Å². The lowest BCUT2D eigenvalue weighted by Crippen LogP contribution is -2.24. The summed E-state index contributed by atoms with van der Waals surface area (Å²) in [5.41, 5.74) is 0. The fraction of sp³-hybridized carbons (Fsp3) is 0.950. The van der Waals surface area contributed by atoms with Gasteiger partial charge >= 0.3 is 11.9 Å². The van der Waals surface area contributed by atoms with Gasteiger partial charge < -0.3 is 14.4 Å². The summed E-state index contributed by atoms with van der Waals surface area (Å²) in [6.45, 7) is 9.86. The van der Waals surface area contributed by atoms with E-state index in [2.05, 4.69) is 32.7 Å². The van der Waals surface area contributed by atoms with Gasteiger partial charge in [-0.1, -0.05) is 156 Å². The van der Waals surface area contributed by atoms with E-state index in [0.29, 0.717) is 25.6 Å². The third-order valence-electron chi connectivity index (χ3n) is 10.1. The molecule has 5 nitrogen and oxygen atoms in total. The normalized spacial score (nSPS) is 16.0. The van der Waals surface area contributed by atoms with Gasteiger partial charge in [0.15, 0.2) is 0 Å². The lowest BCUT2D eigenvalue weighted by atomic mass is 9.92. The predicted molar refractivity (Wildman–Crippen MR) is 192 cm³/mol. The predicted octanol–water partition coefficient (Wildman–Crippen LogP) is 11.5. The van der Waals surface area contributed by atoms with Crippen LogP contribution in [0.2, 0.25) is 0 Å². The Bertz CT molecular complexity index is 673. The van der Waals surface area contributed by atoms with Crippen LogP contribution in [0.5, 0.6) is 0 Å². The molecule has 1 fully saturated rings. The van der Waals surface area contributed by atoms with Crippen molar-refractivity contribution in [2.24, 2.45) is 17.8 Å². The molecular weight excluding hydrogens is 558 g/mol. The van der Waals surface area contributed by atoms with Gasteiger partial charge in [-0.3, -0.25) is 9.59 Å². The smallest absolute Gasteiger partial charge is 0.310 e. The van der Waals surface area contributed by atoms with E-state index in [1.54, 1.807) is 0 Å². The first-order valence-corrected chi connectivity index (χ1v) is 20.0. The summed E-state index contributed by atoms with van der Waals surface area (Å²) in [7, 11) is 2.09. The first-order chi connectivity index (χ1) is 22.0. The Morgan fingerprint density at radius 3 is 1.60 bits per heavy atom. The van der Waals surface area contributed by atoms with E-state index in [-0.39, 0.29) is 17.9 Å². The maximum absolute atomic E-state index is 12.6. The summed E-state index contributed by atoms with van der Waals surface area (Å²) in [4.78, 5) is 27.1. The van der Waals surface area contributed by atoms with E-state index in [9.17, 15) is 9.59 Å². The molecule has 0 N–H and O–H groups in total. The number of nitrogens with zero attached hydrogens (tertiary/aromatic N) is 1. The van der Waals surface area contributed by atoms with Gasteiger partial charge in [-0.2, -0.15) is 0 Å². The molecule has 0 aromatic rings. The fourth-order valence-corrected chi connectivity index (χ4v) is 6.94. The Morgan fingerprint density at radius 1 is 0.600 bits per heavy atom. The van der Waals surface area contributed by atoms with Crippen LogP contribution in [0.1, 0.15) is 194 Å². The molecule has 1 saturated heterocycles. The van der Waals surface area contributed by atoms with Crippen LogP contribution in [0.4, 0.5) is 0 Å². The zero-order valence-corrected chi connectivity index (χ0v) is 30.7. The Labute approximate surface area is 280 Å². The highest BCUT2D eigenvalue weighted by molar-refractivity contribution is 5.73. The van der Waals surface area contributed by atoms with Gasteiger partial charge in [0.2, 0.25) is 0 Å². The van der Waals surface area contributed by atoms with Crippen LogP contribution < -0.4 is 0 Å². The lowest BCUT2D eigenvalue weighted by molar-refractivity contribution is -0.149. The first-order valence-electron chi connectivity index (χ1n) is 20.0. The second kappa shape index (κ2) is 30.2. The van der Waals surface area contributed by atoms with Crippen molar-refractivity contribution < 1.29 is 19.1 Å². The molecule has 5 heteroatoms. The van der Waals surface area contributed by atoms with Crippen molar-refractivity contribution in [2.75, 3.05) is 33.4 Å². The van der Waals surface area contributed by atoms with Crippen molar-refractivity contribution in [3.8, 4) is 0 Å². The maximum Gasteiger partial charge on any atom is 0.310 e. The summed E-state index contributed by atoms with van der Waals surface area (Å²) < 4.78 is 11.5. The highest BCUT2D eigenvalue weighted by Crippen LogP contribution is 2.23. The minimum absolute atomic E-state index is 0.00142. The second-order valence-electron chi connectivity index (χ2n) is 14.5. The van der Waals surface area contributed by atoms with E-state index < -0.39 is 0 Å². The van der Waals surface area contributed by atoms with E-state index in [0.717, 1.165) is 44.7 Å². The van der Waals surface area contributed by atoms with Crippen molar-refractivity contribution >= 4 is 11.9 Å². The largest absolute Gasteiger partial charge is 0.466 e. The van der Waals surface area contributed by atoms with Gasteiger partial charge in [0.1, 0.15) is 0 Å². The molecule has 266 valence electrons. The number of rotatable bonds is 32. The van der Waals surface area contributed by atoms with Gasteiger partial charge in [-0.25, -0.2) is 0 Å². The van der Waals surface area contributed by atoms with Crippen molar-refractivity contribution in [2.45, 2.75) is 194 Å². The van der Waals surface area contributed by atoms with Crippen LogP contribution in [0.25, 0.3) is 0 Å². The second-order valence-corrected chi connectivity index (χ2v) is 14.5. The fourth-order valence-electron chi connectivity index (χ4n) is 6.94. The molecule has 45 heavy (non-hydrogen) atoms. The quantitative estimate of drug-likeness (QED) is 0.0544. The average molecular weight is 636 g/mol. The summed E-state index contributed by atoms with van der Waals surface area (Å²) in [5.74, 6) is 1.31. The summed E-state index contributed by atoms with van der Waals surface area (Å²) in [5, 5.41) is 0. The number of carbonyl (C=O) groups excluding carboxylic acids is 2. The van der Waals surface area contributed by atoms with Crippen LogP contribution in [0.3, 0.4) is 0 Å². The highest BCUT2D eigenvalue weighted by atomic mass is 16.5. The van der Waals surface area contributed by atoms with Crippen LogP contribution in [-0.4, -0.2) is 50.2 Å². The SMILES string of the molecule is CCCCCCCCCC[C@H](CCCCCCCCC(=O)OCCC(CCCCC)CCCCC)COC(=O)C1CCN(C)C1. The van der Waals surface area contributed by atoms with Gasteiger partial charge in [-0.05, 0) is 57.5 Å². The monoisotopic (exact) mass is 636 g/mol. The van der Waals surface area contributed by atoms with E-state index in [4.69, 9.17) is 9.47 Å². The van der Waals surface area contributed by atoms with Crippen molar-refractivity contribution in [1.29, 1.82) is 0 Å². The number of hydrogen-bond acceptors (Lipinski definition) is 5. The maximum atomic E-state index is 12.6. The Kier molecular flexibility index (Phi) is 28.2. The van der Waals surface area contributed by atoms with Crippen molar-refractivity contribution in [3.05, 3.63) is 0 Å². The van der Waals surface area contributed by atoms with Crippen LogP contribution in [0, 0.1) is 17.8 Å². The summed E-state index contributed by atoms with van der Waals surface area (Å²) >= 11 is 0. The molecule has 0 amide bonds. The van der Waals surface area contributed by atoms with Crippen LogP contribution >= 0.6 is 0 Å². The first kappa shape index (κ1) is 41.9. The van der Waals surface area contributed by atoms with Gasteiger partial charge in [0.25, 0.3) is 0 Å². The molecule has 0 aromatic carbocycles. The standard InChI is InChI=1S/C40H77NO4/c1-5-8-11-12-13-14-17-22-27-37(35-45-40(43)38-30-32-41(4)34-38)28-23-18-15-16-19-24-29-39(42)44-33-31-36(25-20-9-6-2)26-21-10-7-3/h36-38H,5-35H2,1-4H3/t37-,38?/m1/s1. The molecule has 1 heterocycles. The molecule has 0 spiro atoms. The van der Waals surface area contributed by atoms with E-state index >= 15 is 0 Å². The average Bonchev–Trinajstić information content (AvgIpc) is 3.48. The van der Waals surface area contributed by atoms with Gasteiger partial charge in [0, 0.05) is 13.0 Å². The molecule has 1 rings (SSSR count). The van der Waals surface area contributed by atoms with Crippen LogP contribution in [0.15, 0.2) is 0 Å². The molecular formula is C40H77NO4. The third-order valence-corrected chi connectivity index (χ3v) is 10.1. The van der Waals surface area contributed by atoms with Gasteiger partial charge in [0.05, 0.1) is 19.1 Å². The highest BCUT2D eigenvalue weighted by Gasteiger charge is 2.28. The molecule has 0 radical (unpaired) electrons. The summed E-state index contributed by atoms with van der Waals surface area (Å²) in [6.07, 6.45) is 32.9. The molecule has 0 aliphatic carbocycles. The molecule has 2 atom stereocenters. The Balaban J connectivity index is 2.19. The number of likely N-dealkylation sites (tertiary alicyclic amines) is 1. The minimum Gasteiger partial charge on any atom is -0.466 e. The Morgan fingerprint density at radius 2 is 1.07 bits per heavy atom. The molecule has 1 aliphatic rings. The minimum atomic E-state index is -0.00142. The topological polar surface area (TPSA) is 55.8 Å². The molecule has 0 bridgehead atoms. The third kappa shape index (κ3) is 24.7. The zero-order valence-electron chi connectivity index (χ0n) is 30.7. The lowest BCUT2D eigenvalue weighted by Gasteiger charge is -2.19. The van der Waals surface area contributed by atoms with E-state index in [1.807, 2.05) is 0 Å². The molecule has 0 saturated carbocycles. The zero-order chi connectivity index (χ0) is 32.8. The van der Waals surface area contributed by atoms with Crippen molar-refractivity contribution in [1.82, 2.24) is 4.90 Å². The van der Waals surface area contributed by atoms with Crippen molar-refractivity contribution in [3.63, 3.8) is 0 Å². The number of ether oxygens (including phenoxy) is 2. The number of carbonyl (C=O) groups is 2. The summed E-state index contributed by atoms with van der Waals surface area (Å²) in [6, 6.07) is 0. The van der Waals surface area contributed by atoms with Crippen LogP contribution in [-0.2, 0) is 19.1 Å². The number of hydrogen-bond donors (Lipinski definition) is 0. The molecule has 1 aliphatic heterocycles. The van der Waals surface area contributed by atoms with Gasteiger partial charge in [-0.15, -0.1) is 0 Å². The molecule has 0 aromatic heterocycles. The molecule has 1 unspecified atom stereocenters.